The molecule has 0 rings (SSSR count). The first-order chi connectivity index (χ1) is 8.93. The van der Waals surface area contributed by atoms with Gasteiger partial charge in [-0.1, -0.05) is 50.0 Å². The predicted molar refractivity (Wildman–Crippen MR) is 82.4 cm³/mol. The third-order valence-electron chi connectivity index (χ3n) is 1.67. The van der Waals surface area contributed by atoms with Crippen LogP contribution >= 0.6 is 23.2 Å². The maximum absolute atomic E-state index is 11.6. The Bertz CT molecular complexity index is 371. The number of aliphatic imine (C=N–C) groups is 1. The van der Waals surface area contributed by atoms with Crippen molar-refractivity contribution in [2.24, 2.45) is 10.7 Å². The number of nitrogens with two attached hydrogens (primary N) is 1. The van der Waals surface area contributed by atoms with E-state index >= 15 is 0 Å². The molecule has 0 atom stereocenters. The van der Waals surface area contributed by atoms with Crippen molar-refractivity contribution >= 4 is 34.3 Å². The summed E-state index contributed by atoms with van der Waals surface area (Å²) in [4.78, 5) is 15.4. The van der Waals surface area contributed by atoms with E-state index in [2.05, 4.69) is 4.99 Å². The average Bonchev–Trinajstić information content (AvgIpc) is 2.37. The van der Waals surface area contributed by atoms with Crippen LogP contribution in [0.25, 0.3) is 0 Å². The smallest absolute Gasteiger partial charge is 0.340 e. The van der Waals surface area contributed by atoms with Crippen LogP contribution < -0.4 is 5.73 Å². The van der Waals surface area contributed by atoms with Gasteiger partial charge in [-0.25, -0.2) is 9.79 Å². The summed E-state index contributed by atoms with van der Waals surface area (Å²) in [7, 11) is 0. The van der Waals surface area contributed by atoms with Crippen LogP contribution in [-0.4, -0.2) is 17.7 Å². The van der Waals surface area contributed by atoms with Gasteiger partial charge in [0.25, 0.3) is 0 Å². The first-order valence-corrected chi connectivity index (χ1v) is 6.93. The van der Waals surface area contributed by atoms with E-state index in [1.54, 1.807) is 19.9 Å². The largest absolute Gasteiger partial charge is 0.462 e. The molecular formula is C13H22Cl2N2O2. The van der Waals surface area contributed by atoms with E-state index in [4.69, 9.17) is 33.7 Å². The van der Waals surface area contributed by atoms with E-state index in [1.165, 1.54) is 0 Å². The number of allylic oxidation sites excluding steroid dienone is 1. The molecule has 0 fully saturated rings. The topological polar surface area (TPSA) is 64.7 Å². The van der Waals surface area contributed by atoms with Crippen molar-refractivity contribution in [2.45, 2.75) is 41.0 Å². The third kappa shape index (κ3) is 8.67. The molecule has 0 aliphatic carbocycles. The van der Waals surface area contributed by atoms with Crippen LogP contribution in [-0.2, 0) is 9.53 Å². The molecule has 0 aromatic heterocycles. The van der Waals surface area contributed by atoms with Crippen molar-refractivity contribution < 1.29 is 9.53 Å². The molecule has 4 nitrogen and oxygen atoms in total. The second kappa shape index (κ2) is 12.1. The quantitative estimate of drug-likeness (QED) is 0.275. The zero-order valence-electron chi connectivity index (χ0n) is 12.1. The lowest BCUT2D eigenvalue weighted by Crippen LogP contribution is -2.15. The number of halogens is 2. The normalized spacial score (nSPS) is 13.2. The fourth-order valence-corrected chi connectivity index (χ4v) is 1.38. The van der Waals surface area contributed by atoms with E-state index in [0.717, 1.165) is 0 Å². The summed E-state index contributed by atoms with van der Waals surface area (Å²) < 4.78 is 4.87. The summed E-state index contributed by atoms with van der Waals surface area (Å²) in [6, 6.07) is 0. The van der Waals surface area contributed by atoms with Crippen LogP contribution in [0, 0.1) is 0 Å². The van der Waals surface area contributed by atoms with Crippen molar-refractivity contribution in [3.63, 3.8) is 0 Å². The zero-order valence-corrected chi connectivity index (χ0v) is 13.6. The Morgan fingerprint density at radius 2 is 1.84 bits per heavy atom. The molecule has 2 N–H and O–H groups in total. The van der Waals surface area contributed by atoms with Gasteiger partial charge in [-0.15, -0.1) is 0 Å². The predicted octanol–water partition coefficient (Wildman–Crippen LogP) is 3.94. The SMILES string of the molecule is CC.CC/C=C(C(=O)OCC)/C(N)=C(Cl)\N=C(/C)Cl. The van der Waals surface area contributed by atoms with E-state index < -0.39 is 5.97 Å². The van der Waals surface area contributed by atoms with Crippen molar-refractivity contribution in [3.05, 3.63) is 22.5 Å². The Labute approximate surface area is 125 Å². The van der Waals surface area contributed by atoms with Gasteiger partial charge in [0.15, 0.2) is 5.16 Å². The van der Waals surface area contributed by atoms with E-state index in [9.17, 15) is 4.79 Å². The molecule has 0 spiro atoms. The minimum absolute atomic E-state index is 0.0229. The summed E-state index contributed by atoms with van der Waals surface area (Å²) in [5.74, 6) is -0.521. The lowest BCUT2D eigenvalue weighted by atomic mass is 10.1. The fraction of sp³-hybridized carbons (Fsp3) is 0.538. The second-order valence-electron chi connectivity index (χ2n) is 3.06. The van der Waals surface area contributed by atoms with Gasteiger partial charge in [0.1, 0.15) is 5.17 Å². The van der Waals surface area contributed by atoms with Crippen molar-refractivity contribution in [1.82, 2.24) is 0 Å². The molecule has 0 radical (unpaired) electrons. The van der Waals surface area contributed by atoms with Crippen LogP contribution in [0.4, 0.5) is 0 Å². The molecule has 0 saturated heterocycles. The molecule has 0 aromatic carbocycles. The van der Waals surface area contributed by atoms with Crippen LogP contribution in [0.15, 0.2) is 27.5 Å². The third-order valence-corrected chi connectivity index (χ3v) is 2.04. The first kappa shape index (κ1) is 20.3. The number of esters is 1. The number of carbonyl (C=O) groups excluding carboxylic acids is 1. The van der Waals surface area contributed by atoms with E-state index in [0.29, 0.717) is 6.42 Å². The number of ether oxygens (including phenoxy) is 1. The summed E-state index contributed by atoms with van der Waals surface area (Å²) in [5, 5.41) is 0.211. The van der Waals surface area contributed by atoms with Gasteiger partial charge in [0.2, 0.25) is 0 Å². The highest BCUT2D eigenvalue weighted by atomic mass is 35.5. The monoisotopic (exact) mass is 308 g/mol. The number of hydrogen-bond acceptors (Lipinski definition) is 4. The Morgan fingerprint density at radius 3 is 2.21 bits per heavy atom. The summed E-state index contributed by atoms with van der Waals surface area (Å²) in [6.45, 7) is 9.41. The molecular weight excluding hydrogens is 287 g/mol. The van der Waals surface area contributed by atoms with Gasteiger partial charge >= 0.3 is 5.97 Å². The van der Waals surface area contributed by atoms with Gasteiger partial charge in [-0.3, -0.25) is 0 Å². The van der Waals surface area contributed by atoms with E-state index in [-0.39, 0.29) is 28.2 Å². The number of hydrogen-bond donors (Lipinski definition) is 1. The molecule has 0 saturated carbocycles. The van der Waals surface area contributed by atoms with Gasteiger partial charge in [0.05, 0.1) is 17.9 Å². The number of rotatable bonds is 5. The highest BCUT2D eigenvalue weighted by molar-refractivity contribution is 6.65. The Hall–Kier alpha value is -1.00. The summed E-state index contributed by atoms with van der Waals surface area (Å²) >= 11 is 11.4. The van der Waals surface area contributed by atoms with E-state index in [1.807, 2.05) is 20.8 Å². The maximum Gasteiger partial charge on any atom is 0.340 e. The molecule has 6 heteroatoms. The first-order valence-electron chi connectivity index (χ1n) is 6.17. The van der Waals surface area contributed by atoms with Crippen LogP contribution in [0.2, 0.25) is 0 Å². The fourth-order valence-electron chi connectivity index (χ4n) is 1.02. The summed E-state index contributed by atoms with van der Waals surface area (Å²) in [6.07, 6.45) is 2.26. The highest BCUT2D eigenvalue weighted by Gasteiger charge is 2.16. The molecule has 0 unspecified atom stereocenters. The Balaban J connectivity index is 0. The second-order valence-corrected chi connectivity index (χ2v) is 3.96. The standard InChI is InChI=1S/C11H16Cl2N2O2.C2H6/c1-4-6-8(11(16)17-5-2)9(14)10(13)15-7(3)12;1-2/h6H,4-5,14H2,1-3H3;1-2H3/b8-6-,10-9+,15-7+;. The van der Waals surface area contributed by atoms with Gasteiger partial charge < -0.3 is 10.5 Å². The van der Waals surface area contributed by atoms with Gasteiger partial charge in [-0.05, 0) is 20.3 Å². The zero-order chi connectivity index (χ0) is 15.4. The van der Waals surface area contributed by atoms with Gasteiger partial charge in [-0.2, -0.15) is 0 Å². The van der Waals surface area contributed by atoms with Crippen LogP contribution in [0.1, 0.15) is 41.0 Å². The molecule has 110 valence electrons. The van der Waals surface area contributed by atoms with Crippen molar-refractivity contribution in [3.8, 4) is 0 Å². The lowest BCUT2D eigenvalue weighted by Gasteiger charge is -2.07. The molecule has 0 aromatic rings. The number of carbonyl (C=O) groups is 1. The molecule has 19 heavy (non-hydrogen) atoms. The Morgan fingerprint density at radius 1 is 1.32 bits per heavy atom. The maximum atomic E-state index is 11.6. The molecule has 0 bridgehead atoms. The molecule has 0 aliphatic rings. The summed E-state index contributed by atoms with van der Waals surface area (Å²) in [5.41, 5.74) is 6.01. The van der Waals surface area contributed by atoms with Gasteiger partial charge in [0, 0.05) is 0 Å². The van der Waals surface area contributed by atoms with Crippen LogP contribution in [0.3, 0.4) is 0 Å². The molecule has 0 heterocycles. The van der Waals surface area contributed by atoms with Crippen molar-refractivity contribution in [2.75, 3.05) is 6.61 Å². The van der Waals surface area contributed by atoms with Crippen molar-refractivity contribution in [1.29, 1.82) is 0 Å². The molecule has 0 aliphatic heterocycles. The Kier molecular flexibility index (Phi) is 12.9. The molecule has 0 amide bonds. The minimum Gasteiger partial charge on any atom is -0.462 e. The number of nitrogens with zero attached hydrogens (tertiary/aromatic N) is 1. The average molecular weight is 309 g/mol. The lowest BCUT2D eigenvalue weighted by molar-refractivity contribution is -0.138. The highest BCUT2D eigenvalue weighted by Crippen LogP contribution is 2.17. The minimum atomic E-state index is -0.521. The van der Waals surface area contributed by atoms with Crippen LogP contribution in [0.5, 0.6) is 0 Å².